The first-order chi connectivity index (χ1) is 10.7. The average molecular weight is 296 g/mol. The second kappa shape index (κ2) is 8.31. The number of carbonyl (C=O) groups excluding carboxylic acids is 2. The highest BCUT2D eigenvalue weighted by atomic mass is 16.2. The number of nitrogens with one attached hydrogen (secondary N) is 2. The van der Waals surface area contributed by atoms with Gasteiger partial charge in [0.15, 0.2) is 0 Å². The number of hydrogen-bond donors (Lipinski definition) is 2. The fourth-order valence-corrected chi connectivity index (χ4v) is 1.69. The molecule has 6 heteroatoms. The smallest absolute Gasteiger partial charge is 0.259 e. The molecule has 0 aliphatic rings. The highest BCUT2D eigenvalue weighted by Crippen LogP contribution is 1.98. The Labute approximate surface area is 128 Å². The molecule has 0 fully saturated rings. The molecule has 1 heterocycles. The van der Waals surface area contributed by atoms with Crippen LogP contribution in [-0.2, 0) is 16.0 Å². The maximum atomic E-state index is 11.7. The zero-order valence-electron chi connectivity index (χ0n) is 11.9. The minimum atomic E-state index is -0.387. The van der Waals surface area contributed by atoms with E-state index in [1.54, 1.807) is 18.5 Å². The van der Waals surface area contributed by atoms with Gasteiger partial charge in [-0.05, 0) is 11.6 Å². The lowest BCUT2D eigenvalue weighted by Crippen LogP contribution is -2.35. The normalized spacial score (nSPS) is 10.4. The van der Waals surface area contributed by atoms with E-state index in [-0.39, 0.29) is 24.8 Å². The van der Waals surface area contributed by atoms with Crippen molar-refractivity contribution in [1.82, 2.24) is 15.7 Å². The maximum absolute atomic E-state index is 11.7. The number of rotatable bonds is 6. The Balaban J connectivity index is 1.69. The van der Waals surface area contributed by atoms with Crippen molar-refractivity contribution in [3.63, 3.8) is 0 Å². The largest absolute Gasteiger partial charge is 0.347 e. The summed E-state index contributed by atoms with van der Waals surface area (Å²) in [5, 5.41) is 6.33. The Hall–Kier alpha value is -3.02. The summed E-state index contributed by atoms with van der Waals surface area (Å²) in [6.45, 7) is -0.115. The van der Waals surface area contributed by atoms with Crippen molar-refractivity contribution in [3.05, 3.63) is 66.0 Å². The van der Waals surface area contributed by atoms with E-state index >= 15 is 0 Å². The summed E-state index contributed by atoms with van der Waals surface area (Å²) in [4.78, 5) is 27.1. The molecule has 2 N–H and O–H groups in total. The minimum absolute atomic E-state index is 0.115. The number of hydrazone groups is 1. The fraction of sp³-hybridized carbons (Fsp3) is 0.125. The molecule has 112 valence electrons. The SMILES string of the molecule is O=C(Cc1ccccc1)NCC(=O)N/N=C\c1cccnc1. The molecule has 2 amide bonds. The van der Waals surface area contributed by atoms with Gasteiger partial charge in [-0.2, -0.15) is 5.10 Å². The van der Waals surface area contributed by atoms with Gasteiger partial charge in [-0.25, -0.2) is 5.43 Å². The fourth-order valence-electron chi connectivity index (χ4n) is 1.69. The van der Waals surface area contributed by atoms with Crippen molar-refractivity contribution in [2.24, 2.45) is 5.10 Å². The van der Waals surface area contributed by atoms with Crippen molar-refractivity contribution in [1.29, 1.82) is 0 Å². The van der Waals surface area contributed by atoms with Crippen LogP contribution >= 0.6 is 0 Å². The van der Waals surface area contributed by atoms with E-state index in [0.717, 1.165) is 11.1 Å². The lowest BCUT2D eigenvalue weighted by Gasteiger charge is -2.04. The molecule has 0 atom stereocenters. The first-order valence-electron chi connectivity index (χ1n) is 6.76. The van der Waals surface area contributed by atoms with Crippen LogP contribution in [0.3, 0.4) is 0 Å². The van der Waals surface area contributed by atoms with Gasteiger partial charge in [-0.1, -0.05) is 36.4 Å². The number of amides is 2. The topological polar surface area (TPSA) is 83.5 Å². The quantitative estimate of drug-likeness (QED) is 0.613. The number of benzene rings is 1. The molecule has 0 spiro atoms. The van der Waals surface area contributed by atoms with Crippen LogP contribution in [0.15, 0.2) is 60.0 Å². The minimum Gasteiger partial charge on any atom is -0.347 e. The van der Waals surface area contributed by atoms with Gasteiger partial charge in [0.05, 0.1) is 19.2 Å². The van der Waals surface area contributed by atoms with Crippen molar-refractivity contribution in [2.45, 2.75) is 6.42 Å². The van der Waals surface area contributed by atoms with Gasteiger partial charge in [0.2, 0.25) is 5.91 Å². The maximum Gasteiger partial charge on any atom is 0.259 e. The molecule has 0 saturated carbocycles. The summed E-state index contributed by atoms with van der Waals surface area (Å²) in [5.41, 5.74) is 4.01. The molecule has 1 aromatic carbocycles. The second-order valence-electron chi connectivity index (χ2n) is 4.52. The van der Waals surface area contributed by atoms with Crippen LogP contribution in [0.25, 0.3) is 0 Å². The summed E-state index contributed by atoms with van der Waals surface area (Å²) in [5.74, 6) is -0.598. The molecule has 2 rings (SSSR count). The van der Waals surface area contributed by atoms with Crippen LogP contribution in [0.5, 0.6) is 0 Å². The van der Waals surface area contributed by atoms with E-state index in [1.165, 1.54) is 6.21 Å². The zero-order valence-corrected chi connectivity index (χ0v) is 11.9. The second-order valence-corrected chi connectivity index (χ2v) is 4.52. The molecule has 0 aliphatic heterocycles. The highest BCUT2D eigenvalue weighted by Gasteiger charge is 2.05. The first kappa shape index (κ1) is 15.4. The number of carbonyl (C=O) groups is 2. The standard InChI is InChI=1S/C16H16N4O2/c21-15(9-13-5-2-1-3-6-13)18-12-16(22)20-19-11-14-7-4-8-17-10-14/h1-8,10-11H,9,12H2,(H,18,21)(H,20,22)/b19-11-. The third-order valence-corrected chi connectivity index (χ3v) is 2.74. The third-order valence-electron chi connectivity index (χ3n) is 2.74. The lowest BCUT2D eigenvalue weighted by molar-refractivity contribution is -0.125. The summed E-state index contributed by atoms with van der Waals surface area (Å²) in [7, 11) is 0. The van der Waals surface area contributed by atoms with E-state index in [4.69, 9.17) is 0 Å². The van der Waals surface area contributed by atoms with Crippen molar-refractivity contribution < 1.29 is 9.59 Å². The van der Waals surface area contributed by atoms with Crippen LogP contribution in [-0.4, -0.2) is 29.6 Å². The zero-order chi connectivity index (χ0) is 15.6. The van der Waals surface area contributed by atoms with Crippen LogP contribution in [0.2, 0.25) is 0 Å². The monoisotopic (exact) mass is 296 g/mol. The molecule has 0 unspecified atom stereocenters. The number of nitrogens with zero attached hydrogens (tertiary/aromatic N) is 2. The third kappa shape index (κ3) is 5.54. The number of hydrogen-bond acceptors (Lipinski definition) is 4. The Morgan fingerprint density at radius 2 is 1.91 bits per heavy atom. The van der Waals surface area contributed by atoms with Crippen LogP contribution in [0, 0.1) is 0 Å². The Morgan fingerprint density at radius 3 is 2.64 bits per heavy atom. The molecule has 0 bridgehead atoms. The Kier molecular flexibility index (Phi) is 5.80. The molecule has 2 aromatic rings. The molecule has 0 radical (unpaired) electrons. The summed E-state index contributed by atoms with van der Waals surface area (Å²) in [6.07, 6.45) is 5.00. The Bertz CT molecular complexity index is 642. The molecular formula is C16H16N4O2. The average Bonchev–Trinajstić information content (AvgIpc) is 2.55. The van der Waals surface area contributed by atoms with Gasteiger partial charge in [0.25, 0.3) is 5.91 Å². The van der Waals surface area contributed by atoms with E-state index in [2.05, 4.69) is 20.8 Å². The summed E-state index contributed by atoms with van der Waals surface area (Å²) >= 11 is 0. The summed E-state index contributed by atoms with van der Waals surface area (Å²) in [6, 6.07) is 12.9. The highest BCUT2D eigenvalue weighted by molar-refractivity contribution is 5.86. The van der Waals surface area contributed by atoms with Gasteiger partial charge in [0, 0.05) is 18.0 Å². The Morgan fingerprint density at radius 1 is 1.09 bits per heavy atom. The van der Waals surface area contributed by atoms with Gasteiger partial charge in [-0.3, -0.25) is 14.6 Å². The van der Waals surface area contributed by atoms with Gasteiger partial charge in [0.1, 0.15) is 0 Å². The molecule has 22 heavy (non-hydrogen) atoms. The molecule has 1 aromatic heterocycles. The van der Waals surface area contributed by atoms with E-state index in [0.29, 0.717) is 0 Å². The van der Waals surface area contributed by atoms with Gasteiger partial charge in [-0.15, -0.1) is 0 Å². The predicted octanol–water partition coefficient (Wildman–Crippen LogP) is 0.891. The van der Waals surface area contributed by atoms with Crippen LogP contribution in [0.1, 0.15) is 11.1 Å². The van der Waals surface area contributed by atoms with Crippen molar-refractivity contribution >= 4 is 18.0 Å². The molecule has 0 saturated heterocycles. The van der Waals surface area contributed by atoms with Crippen LogP contribution < -0.4 is 10.7 Å². The number of aromatic nitrogens is 1. The molecule has 6 nitrogen and oxygen atoms in total. The van der Waals surface area contributed by atoms with E-state index in [1.807, 2.05) is 36.4 Å². The molecular weight excluding hydrogens is 280 g/mol. The van der Waals surface area contributed by atoms with Gasteiger partial charge < -0.3 is 5.32 Å². The lowest BCUT2D eigenvalue weighted by atomic mass is 10.1. The first-order valence-corrected chi connectivity index (χ1v) is 6.76. The van der Waals surface area contributed by atoms with Crippen molar-refractivity contribution in [2.75, 3.05) is 6.54 Å². The van der Waals surface area contributed by atoms with E-state index in [9.17, 15) is 9.59 Å². The predicted molar refractivity (Wildman–Crippen MR) is 83.1 cm³/mol. The van der Waals surface area contributed by atoms with E-state index < -0.39 is 0 Å². The van der Waals surface area contributed by atoms with Crippen molar-refractivity contribution in [3.8, 4) is 0 Å². The summed E-state index contributed by atoms with van der Waals surface area (Å²) < 4.78 is 0. The molecule has 0 aliphatic carbocycles. The number of pyridine rings is 1. The van der Waals surface area contributed by atoms with Gasteiger partial charge >= 0.3 is 0 Å². The van der Waals surface area contributed by atoms with Crippen LogP contribution in [0.4, 0.5) is 0 Å².